The number of rotatable bonds is 8. The fourth-order valence-electron chi connectivity index (χ4n) is 3.06. The van der Waals surface area contributed by atoms with E-state index in [2.05, 4.69) is 20.6 Å². The van der Waals surface area contributed by atoms with Gasteiger partial charge in [0, 0.05) is 47.8 Å². The summed E-state index contributed by atoms with van der Waals surface area (Å²) in [6.07, 6.45) is 2.26. The summed E-state index contributed by atoms with van der Waals surface area (Å²) in [4.78, 5) is 32.1. The van der Waals surface area contributed by atoms with Gasteiger partial charge in [-0.1, -0.05) is 35.9 Å². The molecule has 4 rings (SSSR count). The van der Waals surface area contributed by atoms with E-state index in [9.17, 15) is 9.59 Å². The number of hydrogen-bond donors (Lipinski definition) is 2. The van der Waals surface area contributed by atoms with Crippen molar-refractivity contribution in [2.24, 2.45) is 0 Å². The molecule has 0 atom stereocenters. The molecule has 2 heterocycles. The van der Waals surface area contributed by atoms with Crippen LogP contribution < -0.4 is 10.6 Å². The maximum absolute atomic E-state index is 12.4. The van der Waals surface area contributed by atoms with Gasteiger partial charge in [-0.15, -0.1) is 11.3 Å². The molecule has 168 valence electrons. The molecule has 33 heavy (non-hydrogen) atoms. The highest BCUT2D eigenvalue weighted by atomic mass is 35.5. The molecule has 2 amide bonds. The lowest BCUT2D eigenvalue weighted by Crippen LogP contribution is -2.18. The molecule has 0 aliphatic heterocycles. The molecule has 9 heteroatoms. The van der Waals surface area contributed by atoms with Crippen LogP contribution in [0.15, 0.2) is 64.5 Å². The predicted molar refractivity (Wildman–Crippen MR) is 129 cm³/mol. The van der Waals surface area contributed by atoms with Gasteiger partial charge in [-0.05, 0) is 29.8 Å². The van der Waals surface area contributed by atoms with Crippen LogP contribution in [-0.2, 0) is 22.6 Å². The summed E-state index contributed by atoms with van der Waals surface area (Å²) in [6, 6.07) is 15.1. The van der Waals surface area contributed by atoms with Crippen molar-refractivity contribution >= 4 is 39.9 Å². The lowest BCUT2D eigenvalue weighted by atomic mass is 10.1. The Bertz CT molecular complexity index is 1250. The Labute approximate surface area is 199 Å². The van der Waals surface area contributed by atoms with E-state index in [1.165, 1.54) is 18.3 Å². The van der Waals surface area contributed by atoms with E-state index in [1.54, 1.807) is 18.3 Å². The first-order valence-corrected chi connectivity index (χ1v) is 11.5. The summed E-state index contributed by atoms with van der Waals surface area (Å²) in [7, 11) is 0. The van der Waals surface area contributed by atoms with E-state index in [0.717, 1.165) is 22.4 Å². The van der Waals surface area contributed by atoms with Crippen molar-refractivity contribution in [3.8, 4) is 22.6 Å². The molecule has 2 aromatic heterocycles. The van der Waals surface area contributed by atoms with Crippen LogP contribution in [-0.4, -0.2) is 21.8 Å². The molecule has 0 saturated carbocycles. The number of benzene rings is 2. The molecule has 0 radical (unpaired) electrons. The van der Waals surface area contributed by atoms with Crippen molar-refractivity contribution in [1.29, 1.82) is 0 Å². The molecular weight excluding hydrogens is 460 g/mol. The summed E-state index contributed by atoms with van der Waals surface area (Å²) < 4.78 is 5.74. The Hall–Kier alpha value is -3.49. The quantitative estimate of drug-likeness (QED) is 0.355. The molecule has 7 nitrogen and oxygen atoms in total. The average molecular weight is 481 g/mol. The molecule has 0 aliphatic carbocycles. The van der Waals surface area contributed by atoms with E-state index in [-0.39, 0.29) is 18.2 Å². The lowest BCUT2D eigenvalue weighted by Gasteiger charge is -2.03. The minimum absolute atomic E-state index is 0.0659. The maximum atomic E-state index is 12.4. The minimum atomic E-state index is -0.159. The molecular formula is C24H21ClN4O3S. The number of aryl methyl sites for hydroxylation is 1. The van der Waals surface area contributed by atoms with Crippen LogP contribution in [0.2, 0.25) is 5.02 Å². The van der Waals surface area contributed by atoms with Crippen molar-refractivity contribution in [3.63, 3.8) is 0 Å². The molecule has 2 N–H and O–H groups in total. The first-order valence-electron chi connectivity index (χ1n) is 10.3. The average Bonchev–Trinajstić information content (AvgIpc) is 3.47. The minimum Gasteiger partial charge on any atom is -0.441 e. The Balaban J connectivity index is 1.29. The van der Waals surface area contributed by atoms with Crippen LogP contribution in [0, 0.1) is 0 Å². The van der Waals surface area contributed by atoms with Gasteiger partial charge in [-0.3, -0.25) is 9.59 Å². The van der Waals surface area contributed by atoms with Gasteiger partial charge in [-0.2, -0.15) is 0 Å². The van der Waals surface area contributed by atoms with Crippen LogP contribution in [0.1, 0.15) is 24.8 Å². The number of anilines is 1. The summed E-state index contributed by atoms with van der Waals surface area (Å²) in [5.41, 5.74) is 3.60. The zero-order valence-electron chi connectivity index (χ0n) is 17.8. The van der Waals surface area contributed by atoms with Gasteiger partial charge < -0.3 is 15.1 Å². The SMILES string of the molecule is CC(=O)NCc1ccc(-c2csc(NC(=O)CCc3ncc(-c4ccc(Cl)cc4)o3)n2)cc1. The molecule has 0 unspecified atom stereocenters. The highest BCUT2D eigenvalue weighted by Gasteiger charge is 2.12. The third kappa shape index (κ3) is 6.27. The van der Waals surface area contributed by atoms with Crippen molar-refractivity contribution in [3.05, 3.63) is 76.6 Å². The summed E-state index contributed by atoms with van der Waals surface area (Å²) in [5.74, 6) is 0.903. The monoisotopic (exact) mass is 480 g/mol. The summed E-state index contributed by atoms with van der Waals surface area (Å²) in [5, 5.41) is 8.67. The Morgan fingerprint density at radius 2 is 1.79 bits per heavy atom. The Morgan fingerprint density at radius 3 is 2.52 bits per heavy atom. The van der Waals surface area contributed by atoms with E-state index in [1.807, 2.05) is 41.8 Å². The number of aromatic nitrogens is 2. The first kappa shape index (κ1) is 22.7. The number of oxazole rings is 1. The molecule has 0 aliphatic rings. The second kappa shape index (κ2) is 10.4. The Kier molecular flexibility index (Phi) is 7.16. The van der Waals surface area contributed by atoms with Crippen LogP contribution in [0.25, 0.3) is 22.6 Å². The number of halogens is 1. The fourth-order valence-corrected chi connectivity index (χ4v) is 3.92. The van der Waals surface area contributed by atoms with Crippen molar-refractivity contribution in [2.45, 2.75) is 26.3 Å². The Morgan fingerprint density at radius 1 is 1.06 bits per heavy atom. The van der Waals surface area contributed by atoms with E-state index >= 15 is 0 Å². The van der Waals surface area contributed by atoms with Gasteiger partial charge in [0.25, 0.3) is 0 Å². The summed E-state index contributed by atoms with van der Waals surface area (Å²) >= 11 is 7.28. The van der Waals surface area contributed by atoms with Crippen molar-refractivity contribution < 1.29 is 14.0 Å². The standard InChI is InChI=1S/C24H21ClN4O3S/c1-15(30)26-12-16-2-4-17(5-3-16)20-14-33-24(28-20)29-22(31)10-11-23-27-13-21(32-23)18-6-8-19(25)9-7-18/h2-9,13-14H,10-12H2,1H3,(H,26,30)(H,28,29,31). The molecule has 2 aromatic carbocycles. The van der Waals surface area contributed by atoms with Gasteiger partial charge in [0.05, 0.1) is 11.9 Å². The first-order chi connectivity index (χ1) is 16.0. The van der Waals surface area contributed by atoms with Gasteiger partial charge in [0.2, 0.25) is 11.8 Å². The van der Waals surface area contributed by atoms with Crippen LogP contribution >= 0.6 is 22.9 Å². The van der Waals surface area contributed by atoms with Crippen molar-refractivity contribution in [2.75, 3.05) is 5.32 Å². The smallest absolute Gasteiger partial charge is 0.226 e. The van der Waals surface area contributed by atoms with Gasteiger partial charge >= 0.3 is 0 Å². The van der Waals surface area contributed by atoms with E-state index in [4.69, 9.17) is 16.0 Å². The number of thiazole rings is 1. The molecule has 0 saturated heterocycles. The fraction of sp³-hybridized carbons (Fsp3) is 0.167. The second-order valence-electron chi connectivity index (χ2n) is 7.32. The zero-order valence-corrected chi connectivity index (χ0v) is 19.4. The van der Waals surface area contributed by atoms with Gasteiger partial charge in [0.1, 0.15) is 0 Å². The van der Waals surface area contributed by atoms with E-state index < -0.39 is 0 Å². The third-order valence-corrected chi connectivity index (χ3v) is 5.80. The highest BCUT2D eigenvalue weighted by molar-refractivity contribution is 7.14. The largest absolute Gasteiger partial charge is 0.441 e. The molecule has 0 fully saturated rings. The zero-order chi connectivity index (χ0) is 23.2. The number of nitrogens with zero attached hydrogens (tertiary/aromatic N) is 2. The van der Waals surface area contributed by atoms with Crippen LogP contribution in [0.4, 0.5) is 5.13 Å². The number of nitrogens with one attached hydrogen (secondary N) is 2. The normalized spacial score (nSPS) is 10.7. The van der Waals surface area contributed by atoms with Gasteiger partial charge in [0.15, 0.2) is 16.8 Å². The van der Waals surface area contributed by atoms with Crippen LogP contribution in [0.5, 0.6) is 0 Å². The number of hydrogen-bond acceptors (Lipinski definition) is 6. The van der Waals surface area contributed by atoms with Gasteiger partial charge in [-0.25, -0.2) is 9.97 Å². The second-order valence-corrected chi connectivity index (χ2v) is 8.61. The number of carbonyl (C=O) groups is 2. The van der Waals surface area contributed by atoms with Crippen molar-refractivity contribution in [1.82, 2.24) is 15.3 Å². The molecule has 4 aromatic rings. The molecule has 0 spiro atoms. The number of amides is 2. The lowest BCUT2D eigenvalue weighted by molar-refractivity contribution is -0.119. The maximum Gasteiger partial charge on any atom is 0.226 e. The van der Waals surface area contributed by atoms with Crippen LogP contribution in [0.3, 0.4) is 0 Å². The topological polar surface area (TPSA) is 97.1 Å². The highest BCUT2D eigenvalue weighted by Crippen LogP contribution is 2.26. The summed E-state index contributed by atoms with van der Waals surface area (Å²) in [6.45, 7) is 1.98. The van der Waals surface area contributed by atoms with E-state index in [0.29, 0.717) is 34.8 Å². The predicted octanol–water partition coefficient (Wildman–Crippen LogP) is 5.33. The molecule has 0 bridgehead atoms. The number of carbonyl (C=O) groups excluding carboxylic acids is 2. The third-order valence-electron chi connectivity index (χ3n) is 4.79.